The Morgan fingerprint density at radius 3 is 2.62 bits per heavy atom. The van der Waals surface area contributed by atoms with E-state index in [-0.39, 0.29) is 5.70 Å². The number of hydrogen-bond donors (Lipinski definition) is 0. The quantitative estimate of drug-likeness (QED) is 0.455. The lowest BCUT2D eigenvalue weighted by molar-refractivity contribution is -0.129. The molecule has 2 aromatic carbocycles. The summed E-state index contributed by atoms with van der Waals surface area (Å²) in [5.74, 6) is 0.628. The molecule has 4 heteroatoms. The van der Waals surface area contributed by atoms with Crippen molar-refractivity contribution in [3.8, 4) is 5.75 Å². The summed E-state index contributed by atoms with van der Waals surface area (Å²) in [5.41, 5.74) is 1.88. The van der Waals surface area contributed by atoms with Crippen LogP contribution >= 0.6 is 0 Å². The third-order valence-corrected chi connectivity index (χ3v) is 3.61. The van der Waals surface area contributed by atoms with Crippen LogP contribution in [-0.2, 0) is 9.53 Å². The van der Waals surface area contributed by atoms with Crippen LogP contribution in [0.5, 0.6) is 5.75 Å². The first-order valence-electron chi connectivity index (χ1n) is 8.07. The second-order valence-electron chi connectivity index (χ2n) is 5.44. The Balaban J connectivity index is 1.86. The number of unbranched alkanes of at least 4 members (excludes halogenated alkanes) is 1. The first-order valence-corrected chi connectivity index (χ1v) is 8.07. The summed E-state index contributed by atoms with van der Waals surface area (Å²) in [6.07, 6.45) is 3.77. The zero-order valence-corrected chi connectivity index (χ0v) is 13.6. The molecule has 2 aromatic rings. The molecular formula is C20H19NO3. The molecule has 0 bridgehead atoms. The van der Waals surface area contributed by atoms with E-state index in [0.717, 1.165) is 29.7 Å². The van der Waals surface area contributed by atoms with Crippen LogP contribution in [0.15, 0.2) is 65.3 Å². The van der Waals surface area contributed by atoms with Gasteiger partial charge in [-0.25, -0.2) is 9.79 Å². The minimum absolute atomic E-state index is 0.278. The van der Waals surface area contributed by atoms with Gasteiger partial charge in [0, 0.05) is 11.1 Å². The predicted octanol–water partition coefficient (Wildman–Crippen LogP) is 4.21. The predicted molar refractivity (Wildman–Crippen MR) is 93.9 cm³/mol. The van der Waals surface area contributed by atoms with Crippen LogP contribution in [0.1, 0.15) is 30.9 Å². The standard InChI is InChI=1S/C20H19NO3/c1-2-3-13-23-18-12-8-7-11-16(18)14-17-20(22)24-19(21-17)15-9-5-4-6-10-15/h4-12,14H,2-3,13H2,1H3/b17-14-. The first-order chi connectivity index (χ1) is 11.8. The van der Waals surface area contributed by atoms with Gasteiger partial charge in [0.1, 0.15) is 5.75 Å². The molecule has 122 valence electrons. The van der Waals surface area contributed by atoms with Crippen LogP contribution in [0.25, 0.3) is 6.08 Å². The maximum Gasteiger partial charge on any atom is 0.363 e. The monoisotopic (exact) mass is 321 g/mol. The molecule has 0 radical (unpaired) electrons. The van der Waals surface area contributed by atoms with Crippen LogP contribution in [-0.4, -0.2) is 18.5 Å². The normalized spacial score (nSPS) is 15.3. The second kappa shape index (κ2) is 7.59. The number of ether oxygens (including phenoxy) is 2. The van der Waals surface area contributed by atoms with Gasteiger partial charge in [-0.1, -0.05) is 49.7 Å². The van der Waals surface area contributed by atoms with E-state index < -0.39 is 5.97 Å². The minimum Gasteiger partial charge on any atom is -0.493 e. The highest BCUT2D eigenvalue weighted by atomic mass is 16.6. The van der Waals surface area contributed by atoms with Crippen LogP contribution < -0.4 is 4.74 Å². The van der Waals surface area contributed by atoms with Crippen molar-refractivity contribution in [1.82, 2.24) is 0 Å². The number of benzene rings is 2. The van der Waals surface area contributed by atoms with Crippen LogP contribution in [0.4, 0.5) is 0 Å². The summed E-state index contributed by atoms with van der Waals surface area (Å²) in [4.78, 5) is 16.4. The minimum atomic E-state index is -0.447. The number of carbonyl (C=O) groups is 1. The fourth-order valence-electron chi connectivity index (χ4n) is 2.32. The van der Waals surface area contributed by atoms with E-state index in [0.29, 0.717) is 12.5 Å². The molecule has 0 saturated heterocycles. The molecule has 0 saturated carbocycles. The van der Waals surface area contributed by atoms with E-state index in [2.05, 4.69) is 11.9 Å². The van der Waals surface area contributed by atoms with E-state index in [1.165, 1.54) is 0 Å². The molecule has 0 atom stereocenters. The zero-order chi connectivity index (χ0) is 16.8. The molecular weight excluding hydrogens is 302 g/mol. The van der Waals surface area contributed by atoms with Crippen molar-refractivity contribution in [3.63, 3.8) is 0 Å². The lowest BCUT2D eigenvalue weighted by atomic mass is 10.1. The van der Waals surface area contributed by atoms with E-state index >= 15 is 0 Å². The molecule has 1 aliphatic heterocycles. The fourth-order valence-corrected chi connectivity index (χ4v) is 2.32. The molecule has 0 aromatic heterocycles. The lowest BCUT2D eigenvalue weighted by Gasteiger charge is -2.08. The smallest absolute Gasteiger partial charge is 0.363 e. The molecule has 0 N–H and O–H groups in total. The van der Waals surface area contributed by atoms with Gasteiger partial charge in [0.2, 0.25) is 5.90 Å². The molecule has 0 spiro atoms. The summed E-state index contributed by atoms with van der Waals surface area (Å²) in [6.45, 7) is 2.77. The van der Waals surface area contributed by atoms with Gasteiger partial charge >= 0.3 is 5.97 Å². The summed E-state index contributed by atoms with van der Waals surface area (Å²) in [5, 5.41) is 0. The number of esters is 1. The lowest BCUT2D eigenvalue weighted by Crippen LogP contribution is -2.05. The van der Waals surface area contributed by atoms with Gasteiger partial charge in [-0.05, 0) is 30.7 Å². The maximum atomic E-state index is 12.1. The SMILES string of the molecule is CCCCOc1ccccc1/C=C1\N=C(c2ccccc2)OC1=O. The number of rotatable bonds is 6. The Morgan fingerprint density at radius 2 is 1.83 bits per heavy atom. The number of hydrogen-bond acceptors (Lipinski definition) is 4. The van der Waals surface area contributed by atoms with Gasteiger partial charge in [-0.3, -0.25) is 0 Å². The number of carbonyl (C=O) groups excluding carboxylic acids is 1. The van der Waals surface area contributed by atoms with Crippen molar-refractivity contribution in [2.24, 2.45) is 4.99 Å². The second-order valence-corrected chi connectivity index (χ2v) is 5.44. The van der Waals surface area contributed by atoms with Crippen molar-refractivity contribution in [2.75, 3.05) is 6.61 Å². The third-order valence-electron chi connectivity index (χ3n) is 3.61. The fraction of sp³-hybridized carbons (Fsp3) is 0.200. The topological polar surface area (TPSA) is 47.9 Å². The van der Waals surface area contributed by atoms with E-state index in [1.54, 1.807) is 6.08 Å². The molecule has 0 amide bonds. The molecule has 0 aliphatic carbocycles. The van der Waals surface area contributed by atoms with Gasteiger partial charge in [0.15, 0.2) is 5.70 Å². The van der Waals surface area contributed by atoms with Crippen LogP contribution in [0, 0.1) is 0 Å². The van der Waals surface area contributed by atoms with Crippen LogP contribution in [0.2, 0.25) is 0 Å². The molecule has 4 nitrogen and oxygen atoms in total. The zero-order valence-electron chi connectivity index (χ0n) is 13.6. The molecule has 0 fully saturated rings. The molecule has 1 heterocycles. The Morgan fingerprint density at radius 1 is 1.08 bits per heavy atom. The summed E-state index contributed by atoms with van der Waals surface area (Å²) in [7, 11) is 0. The Hall–Kier alpha value is -2.88. The van der Waals surface area contributed by atoms with Crippen molar-refractivity contribution in [3.05, 3.63) is 71.4 Å². The van der Waals surface area contributed by atoms with Gasteiger partial charge < -0.3 is 9.47 Å². The highest BCUT2D eigenvalue weighted by Crippen LogP contribution is 2.24. The van der Waals surface area contributed by atoms with Crippen molar-refractivity contribution in [2.45, 2.75) is 19.8 Å². The average molecular weight is 321 g/mol. The van der Waals surface area contributed by atoms with Gasteiger partial charge in [-0.15, -0.1) is 0 Å². The highest BCUT2D eigenvalue weighted by molar-refractivity contribution is 6.12. The van der Waals surface area contributed by atoms with Gasteiger partial charge in [-0.2, -0.15) is 0 Å². The maximum absolute atomic E-state index is 12.1. The highest BCUT2D eigenvalue weighted by Gasteiger charge is 2.24. The summed E-state index contributed by atoms with van der Waals surface area (Å²) < 4.78 is 11.1. The molecule has 1 aliphatic rings. The van der Waals surface area contributed by atoms with Crippen molar-refractivity contribution >= 4 is 17.9 Å². The molecule has 0 unspecified atom stereocenters. The van der Waals surface area contributed by atoms with Crippen molar-refractivity contribution < 1.29 is 14.3 Å². The number of nitrogens with zero attached hydrogens (tertiary/aromatic N) is 1. The third kappa shape index (κ3) is 3.71. The Bertz CT molecular complexity index is 778. The summed E-state index contributed by atoms with van der Waals surface area (Å²) in [6, 6.07) is 17.0. The first kappa shape index (κ1) is 16.0. The number of para-hydroxylation sites is 1. The molecule has 24 heavy (non-hydrogen) atoms. The van der Waals surface area contributed by atoms with Gasteiger partial charge in [0.05, 0.1) is 6.61 Å². The van der Waals surface area contributed by atoms with Gasteiger partial charge in [0.25, 0.3) is 0 Å². The summed E-state index contributed by atoms with van der Waals surface area (Å²) >= 11 is 0. The number of cyclic esters (lactones) is 1. The van der Waals surface area contributed by atoms with E-state index in [9.17, 15) is 4.79 Å². The Labute approximate surface area is 141 Å². The largest absolute Gasteiger partial charge is 0.493 e. The Kier molecular flexibility index (Phi) is 5.06. The molecule has 3 rings (SSSR count). The van der Waals surface area contributed by atoms with Crippen LogP contribution in [0.3, 0.4) is 0 Å². The van der Waals surface area contributed by atoms with Crippen molar-refractivity contribution in [1.29, 1.82) is 0 Å². The average Bonchev–Trinajstić information content (AvgIpc) is 2.98. The number of aliphatic imine (C=N–C) groups is 1. The van der Waals surface area contributed by atoms with E-state index in [1.807, 2.05) is 54.6 Å². The van der Waals surface area contributed by atoms with E-state index in [4.69, 9.17) is 9.47 Å².